The molecule has 0 atom stereocenters. The molecular formula is C14H25N3. The zero-order chi connectivity index (χ0) is 13.2. The van der Waals surface area contributed by atoms with Crippen molar-refractivity contribution in [2.75, 3.05) is 6.54 Å². The van der Waals surface area contributed by atoms with E-state index in [0.29, 0.717) is 12.5 Å². The minimum atomic E-state index is 0.0593. The van der Waals surface area contributed by atoms with Crippen LogP contribution in [0.5, 0.6) is 0 Å². The second kappa shape index (κ2) is 5.05. The number of hydrogen-bond donors (Lipinski definition) is 1. The van der Waals surface area contributed by atoms with Crippen LogP contribution in [-0.2, 0) is 12.5 Å². The van der Waals surface area contributed by atoms with E-state index in [2.05, 4.69) is 52.0 Å². The Hall–Kier alpha value is -1.09. The predicted molar refractivity (Wildman–Crippen MR) is 73.8 cm³/mol. The lowest BCUT2D eigenvalue weighted by atomic mass is 9.88. The fourth-order valence-electron chi connectivity index (χ4n) is 1.86. The summed E-state index contributed by atoms with van der Waals surface area (Å²) in [5, 5.41) is 4.56. The molecule has 0 radical (unpaired) electrons. The summed E-state index contributed by atoms with van der Waals surface area (Å²) in [4.78, 5) is 0. The molecule has 1 aromatic heterocycles. The molecule has 0 aliphatic heterocycles. The van der Waals surface area contributed by atoms with E-state index in [9.17, 15) is 0 Å². The van der Waals surface area contributed by atoms with Gasteiger partial charge in [0.05, 0.1) is 5.69 Å². The highest BCUT2D eigenvalue weighted by molar-refractivity contribution is 5.56. The Kier molecular flexibility index (Phi) is 4.15. The van der Waals surface area contributed by atoms with E-state index in [0.717, 1.165) is 5.69 Å². The van der Waals surface area contributed by atoms with Crippen LogP contribution >= 0.6 is 0 Å². The summed E-state index contributed by atoms with van der Waals surface area (Å²) < 4.78 is 1.88. The highest BCUT2D eigenvalue weighted by Gasteiger charge is 2.21. The van der Waals surface area contributed by atoms with Crippen LogP contribution < -0.4 is 5.73 Å². The van der Waals surface area contributed by atoms with Crippen molar-refractivity contribution in [3.8, 4) is 0 Å². The molecule has 0 saturated heterocycles. The van der Waals surface area contributed by atoms with Gasteiger partial charge in [0.25, 0.3) is 0 Å². The Morgan fingerprint density at radius 2 is 2.06 bits per heavy atom. The molecule has 0 aromatic carbocycles. The monoisotopic (exact) mass is 235 g/mol. The SMILES string of the molecule is CC(C)C(=Cc1cn(C)nc1C(C)(C)C)CN. The molecule has 0 fully saturated rings. The molecule has 0 aliphatic carbocycles. The maximum Gasteiger partial charge on any atom is 0.0750 e. The van der Waals surface area contributed by atoms with Gasteiger partial charge < -0.3 is 5.73 Å². The van der Waals surface area contributed by atoms with Gasteiger partial charge in [-0.1, -0.05) is 46.3 Å². The number of aryl methyl sites for hydroxylation is 1. The molecule has 0 spiro atoms. The van der Waals surface area contributed by atoms with Gasteiger partial charge in [-0.2, -0.15) is 5.10 Å². The summed E-state index contributed by atoms with van der Waals surface area (Å²) in [6.07, 6.45) is 4.26. The first-order valence-corrected chi connectivity index (χ1v) is 6.20. The average molecular weight is 235 g/mol. The molecule has 3 heteroatoms. The van der Waals surface area contributed by atoms with Gasteiger partial charge in [-0.3, -0.25) is 4.68 Å². The van der Waals surface area contributed by atoms with Crippen molar-refractivity contribution in [1.29, 1.82) is 0 Å². The molecule has 96 valence electrons. The molecule has 1 heterocycles. The zero-order valence-corrected chi connectivity index (χ0v) is 11.9. The summed E-state index contributed by atoms with van der Waals surface area (Å²) in [5.41, 5.74) is 9.44. The molecular weight excluding hydrogens is 210 g/mol. The fourth-order valence-corrected chi connectivity index (χ4v) is 1.86. The Morgan fingerprint density at radius 3 is 2.47 bits per heavy atom. The average Bonchev–Trinajstić information content (AvgIpc) is 2.55. The number of rotatable bonds is 3. The first kappa shape index (κ1) is 14.0. The van der Waals surface area contributed by atoms with Gasteiger partial charge in [-0.15, -0.1) is 0 Å². The van der Waals surface area contributed by atoms with E-state index in [-0.39, 0.29) is 5.41 Å². The largest absolute Gasteiger partial charge is 0.327 e. The molecule has 0 aliphatic rings. The van der Waals surface area contributed by atoms with Crippen molar-refractivity contribution in [1.82, 2.24) is 9.78 Å². The van der Waals surface area contributed by atoms with Gasteiger partial charge >= 0.3 is 0 Å². The number of aromatic nitrogens is 2. The van der Waals surface area contributed by atoms with Crippen LogP contribution in [0.15, 0.2) is 11.8 Å². The lowest BCUT2D eigenvalue weighted by molar-refractivity contribution is 0.552. The Labute approximate surface area is 105 Å². The normalized spacial score (nSPS) is 13.5. The van der Waals surface area contributed by atoms with Crippen LogP contribution in [0.25, 0.3) is 6.08 Å². The molecule has 3 nitrogen and oxygen atoms in total. The first-order valence-electron chi connectivity index (χ1n) is 6.20. The Balaban J connectivity index is 3.23. The third-order valence-corrected chi connectivity index (χ3v) is 2.89. The number of nitrogens with two attached hydrogens (primary N) is 1. The smallest absolute Gasteiger partial charge is 0.0750 e. The summed E-state index contributed by atoms with van der Waals surface area (Å²) in [6.45, 7) is 11.5. The third-order valence-electron chi connectivity index (χ3n) is 2.89. The van der Waals surface area contributed by atoms with E-state index in [1.165, 1.54) is 11.1 Å². The highest BCUT2D eigenvalue weighted by atomic mass is 15.3. The minimum absolute atomic E-state index is 0.0593. The zero-order valence-electron chi connectivity index (χ0n) is 11.9. The standard InChI is InChI=1S/C14H25N3/c1-10(2)11(8-15)7-12-9-17(6)16-13(12)14(3,4)5/h7,9-10H,8,15H2,1-6H3. The summed E-state index contributed by atoms with van der Waals surface area (Å²) in [7, 11) is 1.96. The quantitative estimate of drug-likeness (QED) is 0.875. The van der Waals surface area contributed by atoms with E-state index >= 15 is 0 Å². The second-order valence-corrected chi connectivity index (χ2v) is 5.93. The predicted octanol–water partition coefficient (Wildman–Crippen LogP) is 2.72. The van der Waals surface area contributed by atoms with Crippen LogP contribution in [0.2, 0.25) is 0 Å². The fraction of sp³-hybridized carbons (Fsp3) is 0.643. The second-order valence-electron chi connectivity index (χ2n) is 5.93. The minimum Gasteiger partial charge on any atom is -0.327 e. The lowest BCUT2D eigenvalue weighted by Crippen LogP contribution is -2.14. The van der Waals surface area contributed by atoms with Crippen molar-refractivity contribution < 1.29 is 0 Å². The maximum atomic E-state index is 5.79. The molecule has 17 heavy (non-hydrogen) atoms. The van der Waals surface area contributed by atoms with Crippen LogP contribution in [-0.4, -0.2) is 16.3 Å². The highest BCUT2D eigenvalue weighted by Crippen LogP contribution is 2.26. The summed E-state index contributed by atoms with van der Waals surface area (Å²) in [5.74, 6) is 0.480. The van der Waals surface area contributed by atoms with Crippen LogP contribution in [0.3, 0.4) is 0 Å². The van der Waals surface area contributed by atoms with Crippen molar-refractivity contribution in [3.05, 3.63) is 23.0 Å². The van der Waals surface area contributed by atoms with Crippen LogP contribution in [0, 0.1) is 5.92 Å². The Morgan fingerprint density at radius 1 is 1.47 bits per heavy atom. The summed E-state index contributed by atoms with van der Waals surface area (Å²) >= 11 is 0. The van der Waals surface area contributed by atoms with Crippen molar-refractivity contribution in [2.45, 2.75) is 40.0 Å². The van der Waals surface area contributed by atoms with Crippen LogP contribution in [0.1, 0.15) is 45.9 Å². The van der Waals surface area contributed by atoms with Gasteiger partial charge in [-0.05, 0) is 5.92 Å². The van der Waals surface area contributed by atoms with Crippen molar-refractivity contribution in [2.24, 2.45) is 18.7 Å². The first-order chi connectivity index (χ1) is 7.75. The molecule has 0 bridgehead atoms. The van der Waals surface area contributed by atoms with E-state index in [1.807, 2.05) is 11.7 Å². The molecule has 1 aromatic rings. The maximum absolute atomic E-state index is 5.79. The van der Waals surface area contributed by atoms with E-state index in [1.54, 1.807) is 0 Å². The molecule has 0 amide bonds. The molecule has 2 N–H and O–H groups in total. The van der Waals surface area contributed by atoms with Crippen molar-refractivity contribution in [3.63, 3.8) is 0 Å². The van der Waals surface area contributed by atoms with Crippen LogP contribution in [0.4, 0.5) is 0 Å². The summed E-state index contributed by atoms with van der Waals surface area (Å²) in [6, 6.07) is 0. The van der Waals surface area contributed by atoms with Crippen molar-refractivity contribution >= 4 is 6.08 Å². The topological polar surface area (TPSA) is 43.8 Å². The van der Waals surface area contributed by atoms with Gasteiger partial charge in [-0.25, -0.2) is 0 Å². The van der Waals surface area contributed by atoms with Gasteiger partial charge in [0, 0.05) is 30.8 Å². The molecule has 0 saturated carbocycles. The number of nitrogens with zero attached hydrogens (tertiary/aromatic N) is 2. The van der Waals surface area contributed by atoms with Gasteiger partial charge in [0.1, 0.15) is 0 Å². The third kappa shape index (κ3) is 3.43. The van der Waals surface area contributed by atoms with E-state index < -0.39 is 0 Å². The Bertz CT molecular complexity index is 406. The van der Waals surface area contributed by atoms with Gasteiger partial charge in [0.15, 0.2) is 0 Å². The van der Waals surface area contributed by atoms with E-state index in [4.69, 9.17) is 5.73 Å². The molecule has 1 rings (SSSR count). The number of hydrogen-bond acceptors (Lipinski definition) is 2. The lowest BCUT2D eigenvalue weighted by Gasteiger charge is -2.17. The van der Waals surface area contributed by atoms with Gasteiger partial charge in [0.2, 0.25) is 0 Å². The molecule has 0 unspecified atom stereocenters.